The predicted octanol–water partition coefficient (Wildman–Crippen LogP) is 5.29. The van der Waals surface area contributed by atoms with Gasteiger partial charge in [-0.25, -0.2) is 4.98 Å². The lowest BCUT2D eigenvalue weighted by Gasteiger charge is -2.18. The summed E-state index contributed by atoms with van der Waals surface area (Å²) >= 11 is 0. The van der Waals surface area contributed by atoms with Crippen LogP contribution in [0.15, 0.2) is 66.9 Å². The third kappa shape index (κ3) is 4.44. The summed E-state index contributed by atoms with van der Waals surface area (Å²) in [6.07, 6.45) is 1.68. The molecule has 3 aromatic rings. The minimum atomic E-state index is -0.182. The normalized spacial score (nSPS) is 10.5. The largest absolute Gasteiger partial charge is 0.436 e. The summed E-state index contributed by atoms with van der Waals surface area (Å²) in [6.45, 7) is 4.17. The topological polar surface area (TPSA) is 63.3 Å². The number of para-hydroxylation sites is 1. The van der Waals surface area contributed by atoms with Crippen molar-refractivity contribution < 1.29 is 9.53 Å². The molecule has 0 aliphatic rings. The van der Waals surface area contributed by atoms with Gasteiger partial charge in [0, 0.05) is 30.6 Å². The van der Waals surface area contributed by atoms with Crippen molar-refractivity contribution in [2.75, 3.05) is 17.7 Å². The Balaban J connectivity index is 1.96. The molecule has 1 heterocycles. The summed E-state index contributed by atoms with van der Waals surface area (Å²) in [5, 5.41) is 6.03. The van der Waals surface area contributed by atoms with Crippen LogP contribution in [0.25, 0.3) is 0 Å². The number of anilines is 2. The van der Waals surface area contributed by atoms with E-state index < -0.39 is 0 Å². The summed E-state index contributed by atoms with van der Waals surface area (Å²) in [4.78, 5) is 16.9. The molecule has 0 atom stereocenters. The number of hydrogen-bond acceptors (Lipinski definition) is 4. The number of amides is 1. The molecule has 5 heteroatoms. The monoisotopic (exact) mass is 361 g/mol. The van der Waals surface area contributed by atoms with Gasteiger partial charge in [0.15, 0.2) is 5.75 Å². The van der Waals surface area contributed by atoms with Crippen molar-refractivity contribution in [1.82, 2.24) is 4.98 Å². The molecule has 2 N–H and O–H groups in total. The fourth-order valence-corrected chi connectivity index (χ4v) is 2.73. The number of pyridine rings is 1. The van der Waals surface area contributed by atoms with E-state index in [0.717, 1.165) is 11.3 Å². The lowest BCUT2D eigenvalue weighted by molar-refractivity contribution is 0.102. The van der Waals surface area contributed by atoms with Crippen molar-refractivity contribution in [2.24, 2.45) is 0 Å². The Kier molecular flexibility index (Phi) is 5.71. The highest BCUT2D eigenvalue weighted by atomic mass is 16.5. The Hall–Kier alpha value is -3.34. The van der Waals surface area contributed by atoms with E-state index in [4.69, 9.17) is 4.74 Å². The Morgan fingerprint density at radius 3 is 2.52 bits per heavy atom. The molecule has 0 radical (unpaired) electrons. The zero-order chi connectivity index (χ0) is 19.2. The average Bonchev–Trinajstić information content (AvgIpc) is 2.69. The zero-order valence-electron chi connectivity index (χ0n) is 15.7. The van der Waals surface area contributed by atoms with Crippen LogP contribution in [0.2, 0.25) is 0 Å². The molecule has 0 unspecified atom stereocenters. The number of carbonyl (C=O) groups is 1. The second-order valence-electron chi connectivity index (χ2n) is 6.43. The fraction of sp³-hybridized carbons (Fsp3) is 0.182. The van der Waals surface area contributed by atoms with Gasteiger partial charge in [-0.2, -0.15) is 0 Å². The van der Waals surface area contributed by atoms with E-state index in [1.54, 1.807) is 18.3 Å². The zero-order valence-corrected chi connectivity index (χ0v) is 15.7. The smallest absolute Gasteiger partial charge is 0.255 e. The van der Waals surface area contributed by atoms with E-state index in [2.05, 4.69) is 29.5 Å². The lowest BCUT2D eigenvalue weighted by atomic mass is 10.0. The minimum absolute atomic E-state index is 0.182. The van der Waals surface area contributed by atoms with Crippen molar-refractivity contribution in [3.63, 3.8) is 0 Å². The maximum absolute atomic E-state index is 12.6. The molecular weight excluding hydrogens is 338 g/mol. The van der Waals surface area contributed by atoms with E-state index >= 15 is 0 Å². The number of nitrogens with zero attached hydrogens (tertiary/aromatic N) is 1. The molecule has 3 rings (SSSR count). The van der Waals surface area contributed by atoms with Gasteiger partial charge in [0.25, 0.3) is 5.91 Å². The van der Waals surface area contributed by atoms with Crippen molar-refractivity contribution in [3.05, 3.63) is 78.0 Å². The highest BCUT2D eigenvalue weighted by molar-refractivity contribution is 6.05. The first-order valence-corrected chi connectivity index (χ1v) is 8.89. The minimum Gasteiger partial charge on any atom is -0.436 e. The maximum atomic E-state index is 12.6. The van der Waals surface area contributed by atoms with Gasteiger partial charge in [0.05, 0.1) is 5.69 Å². The molecule has 1 aromatic heterocycles. The summed E-state index contributed by atoms with van der Waals surface area (Å²) in [5.41, 5.74) is 3.11. The van der Waals surface area contributed by atoms with E-state index in [0.29, 0.717) is 22.9 Å². The summed E-state index contributed by atoms with van der Waals surface area (Å²) in [5.74, 6) is 1.11. The molecule has 27 heavy (non-hydrogen) atoms. The van der Waals surface area contributed by atoms with Crippen LogP contribution < -0.4 is 15.4 Å². The molecule has 138 valence electrons. The van der Waals surface area contributed by atoms with Crippen LogP contribution in [0, 0.1) is 0 Å². The highest BCUT2D eigenvalue weighted by Crippen LogP contribution is 2.37. The molecule has 0 saturated carbocycles. The Bertz CT molecular complexity index is 924. The van der Waals surface area contributed by atoms with Crippen LogP contribution in [0.3, 0.4) is 0 Å². The number of ether oxygens (including phenoxy) is 1. The average molecular weight is 361 g/mol. The molecule has 0 saturated heterocycles. The maximum Gasteiger partial charge on any atom is 0.255 e. The van der Waals surface area contributed by atoms with Crippen molar-refractivity contribution in [2.45, 2.75) is 19.8 Å². The molecule has 0 aliphatic heterocycles. The molecule has 1 amide bonds. The number of aromatic nitrogens is 1. The Morgan fingerprint density at radius 1 is 1.04 bits per heavy atom. The molecule has 2 aromatic carbocycles. The summed E-state index contributed by atoms with van der Waals surface area (Å²) < 4.78 is 6.12. The van der Waals surface area contributed by atoms with Gasteiger partial charge in [-0.3, -0.25) is 4.79 Å². The molecule has 0 aliphatic carbocycles. The molecule has 0 bridgehead atoms. The number of carbonyl (C=O) groups excluding carboxylic acids is 1. The second-order valence-corrected chi connectivity index (χ2v) is 6.43. The van der Waals surface area contributed by atoms with Crippen LogP contribution in [-0.4, -0.2) is 17.9 Å². The van der Waals surface area contributed by atoms with Crippen LogP contribution in [0.5, 0.6) is 11.6 Å². The van der Waals surface area contributed by atoms with Gasteiger partial charge in [0.1, 0.15) is 0 Å². The van der Waals surface area contributed by atoms with E-state index in [1.807, 2.05) is 55.6 Å². The van der Waals surface area contributed by atoms with Crippen LogP contribution in [-0.2, 0) is 0 Å². The molecule has 0 spiro atoms. The van der Waals surface area contributed by atoms with Gasteiger partial charge >= 0.3 is 0 Å². The van der Waals surface area contributed by atoms with E-state index in [9.17, 15) is 4.79 Å². The SMILES string of the molecule is CNc1ccnc(Oc2c(NC(=O)c3ccccc3)cccc2C(C)C)c1. The van der Waals surface area contributed by atoms with Crippen molar-refractivity contribution in [1.29, 1.82) is 0 Å². The number of benzene rings is 2. The van der Waals surface area contributed by atoms with E-state index in [-0.39, 0.29) is 11.8 Å². The molecule has 0 fully saturated rings. The van der Waals surface area contributed by atoms with Crippen molar-refractivity contribution >= 4 is 17.3 Å². The first kappa shape index (κ1) is 18.5. The third-order valence-electron chi connectivity index (χ3n) is 4.18. The summed E-state index contributed by atoms with van der Waals surface area (Å²) in [7, 11) is 1.84. The second kappa shape index (κ2) is 8.36. The van der Waals surface area contributed by atoms with Gasteiger partial charge in [-0.1, -0.05) is 44.2 Å². The lowest BCUT2D eigenvalue weighted by Crippen LogP contribution is -2.13. The molecule has 5 nitrogen and oxygen atoms in total. The van der Waals surface area contributed by atoms with Crippen molar-refractivity contribution in [3.8, 4) is 11.6 Å². The fourth-order valence-electron chi connectivity index (χ4n) is 2.73. The van der Waals surface area contributed by atoms with Crippen LogP contribution in [0.1, 0.15) is 35.7 Å². The predicted molar refractivity (Wildman–Crippen MR) is 109 cm³/mol. The Morgan fingerprint density at radius 2 is 1.81 bits per heavy atom. The number of rotatable bonds is 6. The van der Waals surface area contributed by atoms with Gasteiger partial charge in [-0.05, 0) is 35.7 Å². The van der Waals surface area contributed by atoms with Gasteiger partial charge < -0.3 is 15.4 Å². The molecular formula is C22H23N3O2. The summed E-state index contributed by atoms with van der Waals surface area (Å²) in [6, 6.07) is 18.5. The number of hydrogen-bond donors (Lipinski definition) is 2. The van der Waals surface area contributed by atoms with E-state index in [1.165, 1.54) is 0 Å². The van der Waals surface area contributed by atoms with Gasteiger partial charge in [0.2, 0.25) is 5.88 Å². The highest BCUT2D eigenvalue weighted by Gasteiger charge is 2.17. The quantitative estimate of drug-likeness (QED) is 0.626. The Labute approximate surface area is 159 Å². The first-order chi connectivity index (χ1) is 13.1. The standard InChI is InChI=1S/C22H23N3O2/c1-15(2)18-10-7-11-19(25-22(26)16-8-5-4-6-9-16)21(18)27-20-14-17(23-3)12-13-24-20/h4-15H,1-3H3,(H,23,24)(H,25,26). The first-order valence-electron chi connectivity index (χ1n) is 8.89. The number of nitrogens with one attached hydrogen (secondary N) is 2. The van der Waals surface area contributed by atoms with Crippen LogP contribution in [0.4, 0.5) is 11.4 Å². The van der Waals surface area contributed by atoms with Gasteiger partial charge in [-0.15, -0.1) is 0 Å². The van der Waals surface area contributed by atoms with Crippen LogP contribution >= 0.6 is 0 Å². The third-order valence-corrected chi connectivity index (χ3v) is 4.18.